The van der Waals surface area contributed by atoms with E-state index >= 15 is 8.63 Å². The van der Waals surface area contributed by atoms with Crippen LogP contribution in [0.3, 0.4) is 0 Å². The second-order valence-electron chi connectivity index (χ2n) is 7.14. The molecular weight excluding hydrogens is 351 g/mol. The third-order valence-corrected chi connectivity index (χ3v) is 5.30. The summed E-state index contributed by atoms with van der Waals surface area (Å²) >= 11 is 0. The SMILES string of the molecule is CC1=CC(C)=[N+]2C1=C(c1ccc([N+](=O)[O-])cc1)c1c(C)cc(C)n1[B-]2(F)F. The molecule has 0 fully saturated rings. The van der Waals surface area contributed by atoms with Crippen LogP contribution < -0.4 is 0 Å². The molecule has 0 bridgehead atoms. The summed E-state index contributed by atoms with van der Waals surface area (Å²) in [5.41, 5.74) is 4.76. The third-order valence-electron chi connectivity index (χ3n) is 5.30. The zero-order chi connectivity index (χ0) is 19.7. The van der Waals surface area contributed by atoms with E-state index in [-0.39, 0.29) is 5.69 Å². The first-order chi connectivity index (χ1) is 12.6. The van der Waals surface area contributed by atoms with Crippen LogP contribution in [0.2, 0.25) is 0 Å². The molecule has 0 N–H and O–H groups in total. The van der Waals surface area contributed by atoms with Crippen molar-refractivity contribution in [3.63, 3.8) is 0 Å². The molecule has 0 radical (unpaired) electrons. The summed E-state index contributed by atoms with van der Waals surface area (Å²) in [7, 11) is 0. The van der Waals surface area contributed by atoms with E-state index in [2.05, 4.69) is 0 Å². The van der Waals surface area contributed by atoms with Crippen LogP contribution in [0.5, 0.6) is 0 Å². The highest BCUT2D eigenvalue weighted by Crippen LogP contribution is 2.44. The first-order valence-electron chi connectivity index (χ1n) is 8.66. The Morgan fingerprint density at radius 1 is 1.11 bits per heavy atom. The molecule has 0 amide bonds. The Kier molecular flexibility index (Phi) is 3.53. The van der Waals surface area contributed by atoms with E-state index in [4.69, 9.17) is 0 Å². The Balaban J connectivity index is 2.10. The van der Waals surface area contributed by atoms with Gasteiger partial charge in [0.25, 0.3) is 5.69 Å². The van der Waals surface area contributed by atoms with Gasteiger partial charge in [0, 0.05) is 36.4 Å². The normalized spacial score (nSPS) is 17.8. The van der Waals surface area contributed by atoms with Crippen LogP contribution in [0, 0.1) is 24.0 Å². The molecule has 1 aromatic heterocycles. The zero-order valence-corrected chi connectivity index (χ0v) is 15.5. The monoisotopic (exact) mass is 369 g/mol. The summed E-state index contributed by atoms with van der Waals surface area (Å²) in [4.78, 5) is 10.5. The Hall–Kier alpha value is -3.03. The van der Waals surface area contributed by atoms with Gasteiger partial charge in [0.15, 0.2) is 5.70 Å². The molecule has 4 rings (SSSR count). The van der Waals surface area contributed by atoms with Crippen LogP contribution in [-0.2, 0) is 0 Å². The lowest BCUT2D eigenvalue weighted by molar-refractivity contribution is -0.384. The van der Waals surface area contributed by atoms with Gasteiger partial charge < -0.3 is 17.6 Å². The van der Waals surface area contributed by atoms with E-state index in [1.54, 1.807) is 38.1 Å². The molecule has 0 spiro atoms. The maximum Gasteiger partial charge on any atom is 0.737 e. The fourth-order valence-electron chi connectivity index (χ4n) is 4.32. The van der Waals surface area contributed by atoms with Crippen molar-refractivity contribution in [1.29, 1.82) is 0 Å². The number of aryl methyl sites for hydroxylation is 2. The van der Waals surface area contributed by atoms with Gasteiger partial charge in [-0.2, -0.15) is 0 Å². The van der Waals surface area contributed by atoms with Crippen LogP contribution in [0.4, 0.5) is 14.3 Å². The van der Waals surface area contributed by atoms with Gasteiger partial charge in [-0.05, 0) is 55.8 Å². The largest absolute Gasteiger partial charge is 0.737 e. The molecular formula is C19H18BF2N3O2. The van der Waals surface area contributed by atoms with Crippen LogP contribution in [0.1, 0.15) is 36.4 Å². The molecule has 0 saturated heterocycles. The van der Waals surface area contributed by atoms with Gasteiger partial charge in [0.2, 0.25) is 0 Å². The van der Waals surface area contributed by atoms with Crippen molar-refractivity contribution in [1.82, 2.24) is 4.48 Å². The number of nitro benzene ring substituents is 1. The van der Waals surface area contributed by atoms with E-state index in [0.717, 1.165) is 20.1 Å². The highest BCUT2D eigenvalue weighted by atomic mass is 19.2. The maximum absolute atomic E-state index is 15.5. The molecule has 2 aliphatic rings. The standard InChI is InChI=1S/C19H18BF2N3O2/c1-11-9-13(3)23-18(11)17(15-5-7-16(8-6-15)25(26)27)19-12(2)10-14(4)24(19)20(23,21)22/h5-10H,1-4H3. The number of non-ortho nitro benzene ring substituents is 1. The van der Waals surface area contributed by atoms with Crippen molar-refractivity contribution in [3.8, 4) is 0 Å². The van der Waals surface area contributed by atoms with Crippen LogP contribution in [0.15, 0.2) is 47.7 Å². The number of aromatic nitrogens is 1. The second kappa shape index (κ2) is 5.48. The lowest BCUT2D eigenvalue weighted by atomic mass is 9.84. The fraction of sp³-hybridized carbons (Fsp3) is 0.211. The van der Waals surface area contributed by atoms with Crippen molar-refractivity contribution in [2.45, 2.75) is 27.7 Å². The Labute approximate surface area is 155 Å². The molecule has 1 aromatic carbocycles. The van der Waals surface area contributed by atoms with Crippen molar-refractivity contribution in [2.24, 2.45) is 0 Å². The Bertz CT molecular complexity index is 1110. The highest BCUT2D eigenvalue weighted by molar-refractivity contribution is 6.58. The van der Waals surface area contributed by atoms with E-state index < -0.39 is 11.9 Å². The smallest absolute Gasteiger partial charge is 0.393 e. The number of nitrogens with zero attached hydrogens (tertiary/aromatic N) is 3. The maximum atomic E-state index is 15.5. The van der Waals surface area contributed by atoms with Gasteiger partial charge in [-0.3, -0.25) is 10.1 Å². The molecule has 3 heterocycles. The number of hydrogen-bond acceptors (Lipinski definition) is 2. The Morgan fingerprint density at radius 2 is 1.74 bits per heavy atom. The summed E-state index contributed by atoms with van der Waals surface area (Å²) in [6, 6.07) is 7.83. The predicted molar refractivity (Wildman–Crippen MR) is 101 cm³/mol. The van der Waals surface area contributed by atoms with Crippen LogP contribution in [0.25, 0.3) is 5.57 Å². The van der Waals surface area contributed by atoms with Crippen molar-refractivity contribution in [2.75, 3.05) is 0 Å². The van der Waals surface area contributed by atoms with E-state index in [9.17, 15) is 10.1 Å². The quantitative estimate of drug-likeness (QED) is 0.446. The van der Waals surface area contributed by atoms with Crippen molar-refractivity contribution >= 4 is 23.9 Å². The number of fused-ring (bicyclic) bond motifs is 2. The number of nitro groups is 1. The minimum Gasteiger partial charge on any atom is -0.393 e. The summed E-state index contributed by atoms with van der Waals surface area (Å²) in [5, 5.41) is 11.0. The molecule has 138 valence electrons. The molecule has 8 heteroatoms. The topological polar surface area (TPSA) is 51.1 Å². The molecule has 0 atom stereocenters. The average Bonchev–Trinajstić information content (AvgIpc) is 3.05. The van der Waals surface area contributed by atoms with Gasteiger partial charge in [0.1, 0.15) is 5.71 Å². The van der Waals surface area contributed by atoms with Crippen molar-refractivity contribution < 1.29 is 18.0 Å². The number of rotatable bonds is 2. The minimum absolute atomic E-state index is 0.0312. The molecule has 5 nitrogen and oxygen atoms in total. The molecule has 2 aliphatic heterocycles. The number of halogens is 2. The molecule has 0 saturated carbocycles. The molecule has 2 aromatic rings. The summed E-state index contributed by atoms with van der Waals surface area (Å²) in [6.07, 6.45) is 1.76. The number of hydrogen-bond donors (Lipinski definition) is 0. The van der Waals surface area contributed by atoms with Gasteiger partial charge in [0.05, 0.1) is 10.5 Å². The van der Waals surface area contributed by atoms with E-state index in [0.29, 0.717) is 33.9 Å². The Morgan fingerprint density at radius 3 is 2.33 bits per heavy atom. The molecule has 0 unspecified atom stereocenters. The van der Waals surface area contributed by atoms with E-state index in [1.165, 1.54) is 12.1 Å². The summed E-state index contributed by atoms with van der Waals surface area (Å²) in [6.45, 7) is 2.97. The van der Waals surface area contributed by atoms with Crippen LogP contribution in [-0.4, -0.2) is 26.6 Å². The summed E-state index contributed by atoms with van der Waals surface area (Å²) in [5.74, 6) is 0. The van der Waals surface area contributed by atoms with Gasteiger partial charge >= 0.3 is 6.97 Å². The lowest BCUT2D eigenvalue weighted by Crippen LogP contribution is -2.51. The highest BCUT2D eigenvalue weighted by Gasteiger charge is 2.55. The van der Waals surface area contributed by atoms with Gasteiger partial charge in [-0.25, -0.2) is 0 Å². The number of allylic oxidation sites excluding steroid dienone is 2. The third kappa shape index (κ3) is 2.25. The van der Waals surface area contributed by atoms with Crippen LogP contribution >= 0.6 is 0 Å². The lowest BCUT2D eigenvalue weighted by Gasteiger charge is -2.34. The zero-order valence-electron chi connectivity index (χ0n) is 15.5. The van der Waals surface area contributed by atoms with Crippen molar-refractivity contribution in [3.05, 3.63) is 80.3 Å². The fourth-order valence-corrected chi connectivity index (χ4v) is 4.32. The van der Waals surface area contributed by atoms with Gasteiger partial charge in [-0.15, -0.1) is 0 Å². The molecule has 0 aliphatic carbocycles. The van der Waals surface area contributed by atoms with E-state index in [1.807, 2.05) is 13.8 Å². The predicted octanol–water partition coefficient (Wildman–Crippen LogP) is 4.44. The summed E-state index contributed by atoms with van der Waals surface area (Å²) < 4.78 is 33.2. The second-order valence-corrected chi connectivity index (χ2v) is 7.14. The average molecular weight is 369 g/mol. The number of benzene rings is 1. The minimum atomic E-state index is -4.02. The first kappa shape index (κ1) is 17.4. The first-order valence-corrected chi connectivity index (χ1v) is 8.66. The molecule has 27 heavy (non-hydrogen) atoms. The van der Waals surface area contributed by atoms with Gasteiger partial charge in [-0.1, -0.05) is 0 Å².